The molecule has 0 aliphatic carbocycles. The van der Waals surface area contributed by atoms with E-state index in [-0.39, 0.29) is 0 Å². The van der Waals surface area contributed by atoms with Crippen LogP contribution in [0.3, 0.4) is 0 Å². The van der Waals surface area contributed by atoms with E-state index in [4.69, 9.17) is 8.83 Å². The molecule has 0 saturated heterocycles. The minimum absolute atomic E-state index is 0.903. The van der Waals surface area contributed by atoms with E-state index in [1.54, 1.807) is 0 Å². The Morgan fingerprint density at radius 3 is 1.75 bits per heavy atom. The SMILES string of the molecule is c1ccc2c(c1)oc1cccc(-c3c4ccccc4c(-c4ccc5c(c4)oc4ccc6ccc7c8ccccc8sc7c6c45)c4ccccc34)c12. The maximum Gasteiger partial charge on any atom is 0.136 e. The Morgan fingerprint density at radius 1 is 0.353 bits per heavy atom. The maximum absolute atomic E-state index is 6.74. The second kappa shape index (κ2) is 10.1. The highest BCUT2D eigenvalue weighted by atomic mass is 32.1. The van der Waals surface area contributed by atoms with E-state index in [0.29, 0.717) is 0 Å². The number of hydrogen-bond acceptors (Lipinski definition) is 3. The molecule has 0 unspecified atom stereocenters. The van der Waals surface area contributed by atoms with E-state index < -0.39 is 0 Å². The Balaban J connectivity index is 1.15. The third kappa shape index (κ3) is 3.71. The molecule has 3 heterocycles. The van der Waals surface area contributed by atoms with Crippen molar-refractivity contribution < 1.29 is 8.83 Å². The number of furan rings is 2. The predicted molar refractivity (Wildman–Crippen MR) is 217 cm³/mol. The lowest BCUT2D eigenvalue weighted by Crippen LogP contribution is -1.91. The van der Waals surface area contributed by atoms with E-state index >= 15 is 0 Å². The fraction of sp³-hybridized carbons (Fsp3) is 0. The van der Waals surface area contributed by atoms with Crippen LogP contribution < -0.4 is 0 Å². The Hall–Kier alpha value is -6.42. The van der Waals surface area contributed by atoms with Crippen molar-refractivity contribution in [1.82, 2.24) is 0 Å². The second-order valence-electron chi connectivity index (χ2n) is 13.5. The molecule has 9 aromatic carbocycles. The molecule has 0 atom stereocenters. The first-order valence-corrected chi connectivity index (χ1v) is 18.2. The van der Waals surface area contributed by atoms with Gasteiger partial charge in [-0.2, -0.15) is 0 Å². The van der Waals surface area contributed by atoms with Crippen molar-refractivity contribution in [2.24, 2.45) is 0 Å². The average molecular weight is 667 g/mol. The molecule has 0 spiro atoms. The van der Waals surface area contributed by atoms with E-state index in [9.17, 15) is 0 Å². The van der Waals surface area contributed by atoms with Gasteiger partial charge in [0.15, 0.2) is 0 Å². The Labute approximate surface area is 295 Å². The van der Waals surface area contributed by atoms with Gasteiger partial charge in [0.1, 0.15) is 22.3 Å². The number of thiophene rings is 1. The van der Waals surface area contributed by atoms with Gasteiger partial charge in [-0.3, -0.25) is 0 Å². The number of rotatable bonds is 2. The van der Waals surface area contributed by atoms with Crippen LogP contribution in [-0.4, -0.2) is 0 Å². The van der Waals surface area contributed by atoms with Crippen LogP contribution in [0.25, 0.3) is 119 Å². The summed E-state index contributed by atoms with van der Waals surface area (Å²) in [6.45, 7) is 0. The lowest BCUT2D eigenvalue weighted by Gasteiger charge is -2.18. The zero-order valence-corrected chi connectivity index (χ0v) is 28.1. The van der Waals surface area contributed by atoms with Crippen LogP contribution in [0.15, 0.2) is 167 Å². The van der Waals surface area contributed by atoms with Crippen molar-refractivity contribution in [3.8, 4) is 22.3 Å². The maximum atomic E-state index is 6.74. The van der Waals surface area contributed by atoms with Gasteiger partial charge in [-0.25, -0.2) is 0 Å². The van der Waals surface area contributed by atoms with E-state index in [2.05, 4.69) is 152 Å². The Kier molecular flexibility index (Phi) is 5.41. The normalized spacial score (nSPS) is 12.3. The summed E-state index contributed by atoms with van der Waals surface area (Å²) in [5.74, 6) is 0. The van der Waals surface area contributed by atoms with E-state index in [1.165, 1.54) is 74.6 Å². The first-order chi connectivity index (χ1) is 25.3. The van der Waals surface area contributed by atoms with Gasteiger partial charge in [-0.15, -0.1) is 11.3 Å². The molecule has 0 fully saturated rings. The minimum atomic E-state index is 0.903. The molecule has 0 amide bonds. The molecule has 0 aliphatic rings. The molecule has 12 rings (SSSR count). The highest BCUT2D eigenvalue weighted by Crippen LogP contribution is 2.48. The molecule has 0 bridgehead atoms. The summed E-state index contributed by atoms with van der Waals surface area (Å²) >= 11 is 1.87. The summed E-state index contributed by atoms with van der Waals surface area (Å²) in [6, 6.07) is 56.9. The van der Waals surface area contributed by atoms with Crippen LogP contribution in [0.1, 0.15) is 0 Å². The van der Waals surface area contributed by atoms with Gasteiger partial charge < -0.3 is 8.83 Å². The van der Waals surface area contributed by atoms with Crippen LogP contribution in [0.5, 0.6) is 0 Å². The number of hydrogen-bond donors (Lipinski definition) is 0. The number of fused-ring (bicyclic) bond motifs is 14. The van der Waals surface area contributed by atoms with Gasteiger partial charge in [0.05, 0.1) is 0 Å². The smallest absolute Gasteiger partial charge is 0.136 e. The summed E-state index contributed by atoms with van der Waals surface area (Å²) in [5, 5.41) is 14.6. The van der Waals surface area contributed by atoms with Gasteiger partial charge in [0, 0.05) is 47.1 Å². The van der Waals surface area contributed by atoms with Crippen LogP contribution in [0.4, 0.5) is 0 Å². The largest absolute Gasteiger partial charge is 0.456 e. The highest BCUT2D eigenvalue weighted by Gasteiger charge is 2.21. The minimum Gasteiger partial charge on any atom is -0.456 e. The first-order valence-electron chi connectivity index (χ1n) is 17.3. The first kappa shape index (κ1) is 27.4. The number of para-hydroxylation sites is 1. The Bertz CT molecular complexity index is 3370. The fourth-order valence-corrected chi connectivity index (χ4v) is 9.99. The zero-order chi connectivity index (χ0) is 33.2. The molecular formula is C48H26O2S. The van der Waals surface area contributed by atoms with Crippen molar-refractivity contribution in [1.29, 1.82) is 0 Å². The third-order valence-electron chi connectivity index (χ3n) is 10.9. The van der Waals surface area contributed by atoms with Crippen molar-refractivity contribution in [2.45, 2.75) is 0 Å². The molecule has 51 heavy (non-hydrogen) atoms. The van der Waals surface area contributed by atoms with Gasteiger partial charge in [-0.05, 0) is 85.6 Å². The molecule has 0 radical (unpaired) electrons. The lowest BCUT2D eigenvalue weighted by atomic mass is 9.85. The molecule has 12 aromatic rings. The van der Waals surface area contributed by atoms with Gasteiger partial charge in [0.25, 0.3) is 0 Å². The van der Waals surface area contributed by atoms with Crippen LogP contribution in [0, 0.1) is 0 Å². The number of benzene rings is 9. The van der Waals surface area contributed by atoms with Crippen LogP contribution in [0.2, 0.25) is 0 Å². The van der Waals surface area contributed by atoms with Crippen molar-refractivity contribution in [2.75, 3.05) is 0 Å². The van der Waals surface area contributed by atoms with E-state index in [0.717, 1.165) is 44.1 Å². The van der Waals surface area contributed by atoms with Crippen molar-refractivity contribution in [3.63, 3.8) is 0 Å². The summed E-state index contributed by atoms with van der Waals surface area (Å²) in [5.41, 5.74) is 8.41. The molecule has 236 valence electrons. The summed E-state index contributed by atoms with van der Waals surface area (Å²) < 4.78 is 15.7. The average Bonchev–Trinajstić information content (AvgIpc) is 3.88. The van der Waals surface area contributed by atoms with Gasteiger partial charge >= 0.3 is 0 Å². The zero-order valence-electron chi connectivity index (χ0n) is 27.2. The molecule has 3 heteroatoms. The summed E-state index contributed by atoms with van der Waals surface area (Å²) in [7, 11) is 0. The molecule has 0 aliphatic heterocycles. The predicted octanol–water partition coefficient (Wildman–Crippen LogP) is 14.6. The quantitative estimate of drug-likeness (QED) is 0.172. The lowest BCUT2D eigenvalue weighted by molar-refractivity contribution is 0.669. The van der Waals surface area contributed by atoms with Crippen molar-refractivity contribution in [3.05, 3.63) is 158 Å². The molecule has 0 saturated carbocycles. The molecule has 2 nitrogen and oxygen atoms in total. The van der Waals surface area contributed by atoms with Crippen LogP contribution in [-0.2, 0) is 0 Å². The molecule has 0 N–H and O–H groups in total. The Morgan fingerprint density at radius 2 is 0.941 bits per heavy atom. The third-order valence-corrected chi connectivity index (χ3v) is 12.1. The molecule has 3 aromatic heterocycles. The van der Waals surface area contributed by atoms with Crippen molar-refractivity contribution >= 4 is 108 Å². The highest BCUT2D eigenvalue weighted by molar-refractivity contribution is 7.26. The summed E-state index contributed by atoms with van der Waals surface area (Å²) in [6.07, 6.45) is 0. The standard InChI is InChI=1S/C48H26O2S/c1-3-13-32-30(11-1)43(31-12-2-4-14-33(31)45(32)37-16-9-18-39-46(37)35-15-5-7-17-38(35)49-39)28-21-24-36-41(26-28)50-40-25-22-27-20-23-34-29-10-6-8-19-42(29)51-48(34)44(27)47(36)40/h1-26H. The van der Waals surface area contributed by atoms with Gasteiger partial charge in [-0.1, -0.05) is 121 Å². The van der Waals surface area contributed by atoms with E-state index in [1.807, 2.05) is 17.4 Å². The summed E-state index contributed by atoms with van der Waals surface area (Å²) in [4.78, 5) is 0. The molecular weight excluding hydrogens is 641 g/mol. The topological polar surface area (TPSA) is 26.3 Å². The van der Waals surface area contributed by atoms with Gasteiger partial charge in [0.2, 0.25) is 0 Å². The second-order valence-corrected chi connectivity index (χ2v) is 14.6. The fourth-order valence-electron chi connectivity index (χ4n) is 8.73. The monoisotopic (exact) mass is 666 g/mol. The van der Waals surface area contributed by atoms with Crippen LogP contribution >= 0.6 is 11.3 Å².